The summed E-state index contributed by atoms with van der Waals surface area (Å²) < 4.78 is 0. The summed E-state index contributed by atoms with van der Waals surface area (Å²) in [6, 6.07) is 0. The van der Waals surface area contributed by atoms with E-state index in [4.69, 9.17) is 40.5 Å². The van der Waals surface area contributed by atoms with Crippen molar-refractivity contribution in [1.82, 2.24) is 0 Å². The normalized spacial score (nSPS) is 17.2. The van der Waals surface area contributed by atoms with E-state index in [0.29, 0.717) is 10.8 Å². The molecule has 0 saturated heterocycles. The fraction of sp³-hybridized carbons (Fsp3) is 0.909. The van der Waals surface area contributed by atoms with E-state index in [9.17, 15) is 0 Å². The molecule has 0 aliphatic heterocycles. The molecule has 0 atom stereocenters. The molecule has 30 heavy (non-hydrogen) atoms. The zero-order chi connectivity index (χ0) is 24.4. The van der Waals surface area contributed by atoms with Crippen molar-refractivity contribution in [3.8, 4) is 0 Å². The lowest BCUT2D eigenvalue weighted by Gasteiger charge is -2.33. The zero-order valence-corrected chi connectivity index (χ0v) is 19.7. The van der Waals surface area contributed by atoms with Crippen LogP contribution in [0.5, 0.6) is 0 Å². The van der Waals surface area contributed by atoms with Crippen LogP contribution >= 0.6 is 0 Å². The molecular formula is C22H46O8. The van der Waals surface area contributed by atoms with Crippen LogP contribution in [0.25, 0.3) is 0 Å². The molecule has 0 aromatic rings. The Morgan fingerprint density at radius 2 is 0.700 bits per heavy atom. The number of hydrogen-bond acceptors (Lipinski definition) is 4. The highest BCUT2D eigenvalue weighted by molar-refractivity contribution is 5.53. The molecule has 182 valence electrons. The molecule has 0 radical (unpaired) electrons. The third-order valence-corrected chi connectivity index (χ3v) is 5.66. The van der Waals surface area contributed by atoms with Gasteiger partial charge in [0.25, 0.3) is 0 Å². The monoisotopic (exact) mass is 438 g/mol. The van der Waals surface area contributed by atoms with Crippen LogP contribution in [-0.4, -0.2) is 43.3 Å². The third kappa shape index (κ3) is 24.5. The van der Waals surface area contributed by atoms with Crippen molar-refractivity contribution >= 4 is 12.3 Å². The van der Waals surface area contributed by atoms with Gasteiger partial charge in [0.2, 0.25) is 0 Å². The minimum absolute atomic E-state index is 0.570. The van der Waals surface area contributed by atoms with Gasteiger partial charge in [-0.15, -0.1) is 0 Å². The summed E-state index contributed by atoms with van der Waals surface area (Å²) >= 11 is 0. The molecule has 0 bridgehead atoms. The predicted molar refractivity (Wildman–Crippen MR) is 119 cm³/mol. The van der Waals surface area contributed by atoms with Crippen molar-refractivity contribution in [2.45, 2.75) is 106 Å². The van der Waals surface area contributed by atoms with Crippen molar-refractivity contribution in [3.05, 3.63) is 0 Å². The molecule has 2 saturated carbocycles. The minimum atomic E-state index is -1.83. The quantitative estimate of drug-likeness (QED) is 0.166. The van der Waals surface area contributed by atoms with Crippen LogP contribution in [-0.2, 0) is 0 Å². The van der Waals surface area contributed by atoms with Crippen LogP contribution < -0.4 is 0 Å². The molecule has 0 unspecified atom stereocenters. The van der Waals surface area contributed by atoms with Crippen molar-refractivity contribution in [3.63, 3.8) is 0 Å². The van der Waals surface area contributed by atoms with Crippen LogP contribution in [0.15, 0.2) is 0 Å². The molecule has 0 aromatic carbocycles. The second kappa shape index (κ2) is 18.2. The molecule has 2 aliphatic rings. The average Bonchev–Trinajstić information content (AvgIpc) is 2.63. The summed E-state index contributed by atoms with van der Waals surface area (Å²) in [5, 5.41) is 39.9. The smallest absolute Gasteiger partial charge is 0.450 e. The van der Waals surface area contributed by atoms with Gasteiger partial charge >= 0.3 is 12.3 Å². The fourth-order valence-corrected chi connectivity index (χ4v) is 3.94. The summed E-state index contributed by atoms with van der Waals surface area (Å²) in [7, 11) is 0. The van der Waals surface area contributed by atoms with Crippen molar-refractivity contribution in [2.24, 2.45) is 22.7 Å². The van der Waals surface area contributed by atoms with E-state index in [2.05, 4.69) is 41.5 Å². The lowest BCUT2D eigenvalue weighted by atomic mass is 9.72. The van der Waals surface area contributed by atoms with Gasteiger partial charge in [-0.1, -0.05) is 80.1 Å². The van der Waals surface area contributed by atoms with Crippen molar-refractivity contribution in [2.75, 3.05) is 0 Å². The highest BCUT2D eigenvalue weighted by Crippen LogP contribution is 2.38. The van der Waals surface area contributed by atoms with E-state index in [0.717, 1.165) is 11.8 Å². The molecule has 8 nitrogen and oxygen atoms in total. The van der Waals surface area contributed by atoms with Crippen LogP contribution in [0.3, 0.4) is 0 Å². The van der Waals surface area contributed by atoms with Gasteiger partial charge < -0.3 is 20.4 Å². The maximum Gasteiger partial charge on any atom is 0.503 e. The first-order valence-electron chi connectivity index (χ1n) is 10.7. The molecule has 0 aromatic heterocycles. The molecule has 0 amide bonds. The van der Waals surface area contributed by atoms with Crippen LogP contribution in [0.1, 0.15) is 106 Å². The van der Waals surface area contributed by atoms with Crippen LogP contribution in [0.4, 0.5) is 9.59 Å². The van der Waals surface area contributed by atoms with E-state index in [1.807, 2.05) is 0 Å². The van der Waals surface area contributed by atoms with Gasteiger partial charge in [-0.25, -0.2) is 9.59 Å². The average molecular weight is 439 g/mol. The summed E-state index contributed by atoms with van der Waals surface area (Å²) in [4.78, 5) is 17.1. The second-order valence-electron chi connectivity index (χ2n) is 9.97. The van der Waals surface area contributed by atoms with E-state index in [1.54, 1.807) is 0 Å². The molecular weight excluding hydrogens is 392 g/mol. The Bertz CT molecular complexity index is 364. The van der Waals surface area contributed by atoms with Gasteiger partial charge in [-0.05, 0) is 48.3 Å². The highest BCUT2D eigenvalue weighted by atomic mass is 17.0. The Morgan fingerprint density at radius 1 is 0.533 bits per heavy atom. The number of rotatable bonds is 0. The Hall–Kier alpha value is -1.54. The Morgan fingerprint density at radius 3 is 0.800 bits per heavy atom. The molecule has 2 aliphatic carbocycles. The topological polar surface area (TPSA) is 156 Å². The lowest BCUT2D eigenvalue weighted by molar-refractivity contribution is -0.176. The first kappa shape index (κ1) is 33.1. The van der Waals surface area contributed by atoms with E-state index >= 15 is 0 Å². The predicted octanol–water partition coefficient (Wildman–Crippen LogP) is 7.69. The highest BCUT2D eigenvalue weighted by Gasteiger charge is 2.26. The largest absolute Gasteiger partial charge is 0.503 e. The van der Waals surface area contributed by atoms with E-state index in [1.165, 1.54) is 64.2 Å². The summed E-state index contributed by atoms with van der Waals surface area (Å²) in [6.07, 6.45) is 11.1. The van der Waals surface area contributed by atoms with Gasteiger partial charge in [-0.3, -0.25) is 10.5 Å². The SMILES string of the molecule is CC(C)(C)C1CCCCC1.CC(C)(C)C1CCCCC1.O=C(O)O.O=C(O)O.OO. The third-order valence-electron chi connectivity index (χ3n) is 5.66. The van der Waals surface area contributed by atoms with Crippen LogP contribution in [0.2, 0.25) is 0 Å². The maximum absolute atomic E-state index is 8.56. The fourth-order valence-electron chi connectivity index (χ4n) is 3.94. The molecule has 6 N–H and O–H groups in total. The van der Waals surface area contributed by atoms with Gasteiger partial charge in [0, 0.05) is 0 Å². The summed E-state index contributed by atoms with van der Waals surface area (Å²) in [6.45, 7) is 14.3. The van der Waals surface area contributed by atoms with Crippen molar-refractivity contribution in [1.29, 1.82) is 0 Å². The summed E-state index contributed by atoms with van der Waals surface area (Å²) in [5.74, 6) is 2.00. The first-order chi connectivity index (χ1) is 13.7. The summed E-state index contributed by atoms with van der Waals surface area (Å²) in [5.41, 5.74) is 1.14. The zero-order valence-electron chi connectivity index (χ0n) is 19.7. The minimum Gasteiger partial charge on any atom is -0.450 e. The molecule has 2 rings (SSSR count). The second-order valence-corrected chi connectivity index (χ2v) is 9.97. The molecule has 8 heteroatoms. The van der Waals surface area contributed by atoms with Gasteiger partial charge in [0.05, 0.1) is 0 Å². The number of carboxylic acid groups (broad SMARTS) is 4. The molecule has 0 spiro atoms. The van der Waals surface area contributed by atoms with Gasteiger partial charge in [-0.2, -0.15) is 0 Å². The van der Waals surface area contributed by atoms with Gasteiger partial charge in [0.1, 0.15) is 0 Å². The standard InChI is InChI=1S/2C10H20.2CH2O3.H2O2/c2*1-10(2,3)9-7-5-4-6-8-9;2*2-1(3)4;1-2/h2*9H,4-8H2,1-3H3;2*(H2,2,3,4);1-2H. The number of carbonyl (C=O) groups is 2. The maximum atomic E-state index is 8.56. The lowest BCUT2D eigenvalue weighted by Crippen LogP contribution is -2.22. The Balaban J connectivity index is -0.000000342. The Labute approximate surface area is 181 Å². The Kier molecular flexibility index (Phi) is 20.1. The van der Waals surface area contributed by atoms with Crippen molar-refractivity contribution < 1.29 is 40.5 Å². The first-order valence-corrected chi connectivity index (χ1v) is 10.7. The van der Waals surface area contributed by atoms with E-state index < -0.39 is 12.3 Å². The van der Waals surface area contributed by atoms with E-state index in [-0.39, 0.29) is 0 Å². The number of hydrogen-bond donors (Lipinski definition) is 6. The van der Waals surface area contributed by atoms with Crippen LogP contribution in [0, 0.1) is 22.7 Å². The van der Waals surface area contributed by atoms with Gasteiger partial charge in [0.15, 0.2) is 0 Å². The molecule has 0 heterocycles. The molecule has 2 fully saturated rings.